The molecule has 0 unspecified atom stereocenters. The largest absolute Gasteiger partial charge is 0.351 e. The number of amides is 2. The first-order chi connectivity index (χ1) is 13.0. The van der Waals surface area contributed by atoms with Crippen molar-refractivity contribution in [2.24, 2.45) is 7.05 Å². The summed E-state index contributed by atoms with van der Waals surface area (Å²) in [4.78, 5) is 15.7. The summed E-state index contributed by atoms with van der Waals surface area (Å²) in [7, 11) is 5.56. The van der Waals surface area contributed by atoms with Crippen LogP contribution in [0, 0.1) is 0 Å². The maximum Gasteiger partial charge on any atom is 0.317 e. The van der Waals surface area contributed by atoms with E-state index in [2.05, 4.69) is 68.1 Å². The first kappa shape index (κ1) is 17.6. The number of nitrogens with zero attached hydrogens (tertiary/aromatic N) is 5. The lowest BCUT2D eigenvalue weighted by molar-refractivity contribution is 0.205. The van der Waals surface area contributed by atoms with Gasteiger partial charge in [0.25, 0.3) is 0 Å². The smallest absolute Gasteiger partial charge is 0.317 e. The summed E-state index contributed by atoms with van der Waals surface area (Å²) >= 11 is 0. The molecule has 7 nitrogen and oxygen atoms in total. The normalized spacial score (nSPS) is 14.3. The van der Waals surface area contributed by atoms with E-state index >= 15 is 0 Å². The van der Waals surface area contributed by atoms with Crippen LogP contribution >= 0.6 is 0 Å². The SMILES string of the molecule is CN(C)C(=O)NCc1cc2n(n1)CCN(Cc1cccc3c1ccn3C)C2. The summed E-state index contributed by atoms with van der Waals surface area (Å²) in [6.45, 7) is 4.11. The summed E-state index contributed by atoms with van der Waals surface area (Å²) in [5.74, 6) is 0. The van der Waals surface area contributed by atoms with Crippen molar-refractivity contribution in [2.45, 2.75) is 26.2 Å². The highest BCUT2D eigenvalue weighted by atomic mass is 16.2. The Hall–Kier alpha value is -2.80. The minimum absolute atomic E-state index is 0.0986. The second kappa shape index (κ2) is 7.08. The Balaban J connectivity index is 1.44. The number of fused-ring (bicyclic) bond motifs is 2. The molecule has 1 aliphatic rings. The minimum Gasteiger partial charge on any atom is -0.351 e. The number of carbonyl (C=O) groups is 1. The van der Waals surface area contributed by atoms with Crippen LogP contribution in [0.1, 0.15) is 17.0 Å². The van der Waals surface area contributed by atoms with Crippen LogP contribution in [0.4, 0.5) is 4.79 Å². The Morgan fingerprint density at radius 2 is 2.11 bits per heavy atom. The maximum absolute atomic E-state index is 11.7. The van der Waals surface area contributed by atoms with Gasteiger partial charge in [-0.25, -0.2) is 4.79 Å². The molecule has 0 fully saturated rings. The number of hydrogen-bond acceptors (Lipinski definition) is 3. The van der Waals surface area contributed by atoms with Crippen LogP contribution in [0.15, 0.2) is 36.5 Å². The molecule has 3 heterocycles. The predicted octanol–water partition coefficient (Wildman–Crippen LogP) is 2.16. The van der Waals surface area contributed by atoms with Gasteiger partial charge < -0.3 is 14.8 Å². The number of urea groups is 1. The molecule has 3 aromatic rings. The molecule has 0 aliphatic carbocycles. The zero-order valence-electron chi connectivity index (χ0n) is 16.1. The fourth-order valence-corrected chi connectivity index (χ4v) is 3.67. The van der Waals surface area contributed by atoms with Gasteiger partial charge in [-0.2, -0.15) is 5.10 Å². The molecule has 0 spiro atoms. The number of hydrogen-bond donors (Lipinski definition) is 1. The quantitative estimate of drug-likeness (QED) is 0.770. The number of nitrogens with one attached hydrogen (secondary N) is 1. The van der Waals surface area contributed by atoms with Crippen molar-refractivity contribution in [1.29, 1.82) is 0 Å². The molecule has 27 heavy (non-hydrogen) atoms. The van der Waals surface area contributed by atoms with Gasteiger partial charge in [0.2, 0.25) is 0 Å². The molecule has 2 aromatic heterocycles. The Bertz CT molecular complexity index is 970. The van der Waals surface area contributed by atoms with Crippen LogP contribution in [0.25, 0.3) is 10.9 Å². The van der Waals surface area contributed by atoms with Crippen LogP contribution in [0.2, 0.25) is 0 Å². The Morgan fingerprint density at radius 1 is 1.26 bits per heavy atom. The zero-order chi connectivity index (χ0) is 19.0. The second-order valence-corrected chi connectivity index (χ2v) is 7.39. The molecule has 0 radical (unpaired) electrons. The lowest BCUT2D eigenvalue weighted by Crippen LogP contribution is -2.34. The second-order valence-electron chi connectivity index (χ2n) is 7.39. The lowest BCUT2D eigenvalue weighted by atomic mass is 10.1. The van der Waals surface area contributed by atoms with Crippen molar-refractivity contribution in [3.8, 4) is 0 Å². The van der Waals surface area contributed by atoms with Crippen molar-refractivity contribution in [3.05, 3.63) is 53.5 Å². The molecule has 4 rings (SSSR count). The van der Waals surface area contributed by atoms with Gasteiger partial charge in [0.1, 0.15) is 0 Å². The molecule has 1 aromatic carbocycles. The van der Waals surface area contributed by atoms with E-state index in [1.54, 1.807) is 14.1 Å². The topological polar surface area (TPSA) is 58.3 Å². The predicted molar refractivity (Wildman–Crippen MR) is 105 cm³/mol. The van der Waals surface area contributed by atoms with E-state index in [-0.39, 0.29) is 6.03 Å². The van der Waals surface area contributed by atoms with E-state index in [1.807, 2.05) is 0 Å². The van der Waals surface area contributed by atoms with Gasteiger partial charge in [-0.3, -0.25) is 9.58 Å². The molecule has 2 amide bonds. The lowest BCUT2D eigenvalue weighted by Gasteiger charge is -2.27. The van der Waals surface area contributed by atoms with Crippen LogP contribution in [-0.4, -0.2) is 50.8 Å². The van der Waals surface area contributed by atoms with Gasteiger partial charge in [-0.15, -0.1) is 0 Å². The Labute approximate surface area is 159 Å². The van der Waals surface area contributed by atoms with E-state index in [0.29, 0.717) is 6.54 Å². The monoisotopic (exact) mass is 366 g/mol. The zero-order valence-corrected chi connectivity index (χ0v) is 16.1. The van der Waals surface area contributed by atoms with Gasteiger partial charge in [0.05, 0.1) is 24.5 Å². The third kappa shape index (κ3) is 3.55. The number of aromatic nitrogens is 3. The highest BCUT2D eigenvalue weighted by Gasteiger charge is 2.19. The van der Waals surface area contributed by atoms with Crippen LogP contribution < -0.4 is 5.32 Å². The Morgan fingerprint density at radius 3 is 2.93 bits per heavy atom. The highest BCUT2D eigenvalue weighted by molar-refractivity contribution is 5.83. The van der Waals surface area contributed by atoms with Gasteiger partial charge in [-0.05, 0) is 23.8 Å². The molecular formula is C20H26N6O. The average molecular weight is 366 g/mol. The summed E-state index contributed by atoms with van der Waals surface area (Å²) in [6, 6.07) is 10.7. The number of aryl methyl sites for hydroxylation is 1. The standard InChI is InChI=1S/C20H26N6O/c1-23(2)20(27)21-12-16-11-17-14-25(9-10-26(17)22-16)13-15-5-4-6-19-18(15)7-8-24(19)3/h4-8,11H,9-10,12-14H2,1-3H3,(H,21,27). The van der Waals surface area contributed by atoms with E-state index in [4.69, 9.17) is 0 Å². The summed E-state index contributed by atoms with van der Waals surface area (Å²) in [5.41, 5.74) is 4.75. The van der Waals surface area contributed by atoms with Crippen LogP contribution in [-0.2, 0) is 33.2 Å². The van der Waals surface area contributed by atoms with E-state index in [1.165, 1.54) is 27.1 Å². The van der Waals surface area contributed by atoms with Crippen molar-refractivity contribution in [3.63, 3.8) is 0 Å². The van der Waals surface area contributed by atoms with Gasteiger partial charge in [0.15, 0.2) is 0 Å². The van der Waals surface area contributed by atoms with Gasteiger partial charge in [-0.1, -0.05) is 12.1 Å². The molecule has 0 saturated heterocycles. The third-order valence-corrected chi connectivity index (χ3v) is 5.17. The fraction of sp³-hybridized carbons (Fsp3) is 0.400. The van der Waals surface area contributed by atoms with Crippen molar-refractivity contribution < 1.29 is 4.79 Å². The number of benzene rings is 1. The number of rotatable bonds is 4. The van der Waals surface area contributed by atoms with E-state index < -0.39 is 0 Å². The first-order valence-electron chi connectivity index (χ1n) is 9.27. The third-order valence-electron chi connectivity index (χ3n) is 5.17. The van der Waals surface area contributed by atoms with Crippen LogP contribution in [0.3, 0.4) is 0 Å². The molecule has 7 heteroatoms. The minimum atomic E-state index is -0.0986. The maximum atomic E-state index is 11.7. The van der Waals surface area contributed by atoms with Crippen molar-refractivity contribution in [1.82, 2.24) is 29.5 Å². The highest BCUT2D eigenvalue weighted by Crippen LogP contribution is 2.23. The molecule has 0 saturated carbocycles. The molecular weight excluding hydrogens is 340 g/mol. The average Bonchev–Trinajstić information content (AvgIpc) is 3.23. The molecule has 142 valence electrons. The molecule has 1 N–H and O–H groups in total. The van der Waals surface area contributed by atoms with E-state index in [9.17, 15) is 4.79 Å². The Kier molecular flexibility index (Phi) is 4.61. The molecule has 1 aliphatic heterocycles. The first-order valence-corrected chi connectivity index (χ1v) is 9.27. The summed E-state index contributed by atoms with van der Waals surface area (Å²) in [6.07, 6.45) is 2.12. The fourth-order valence-electron chi connectivity index (χ4n) is 3.67. The van der Waals surface area contributed by atoms with Crippen molar-refractivity contribution >= 4 is 16.9 Å². The molecule has 0 atom stereocenters. The van der Waals surface area contributed by atoms with E-state index in [0.717, 1.165) is 31.9 Å². The van der Waals surface area contributed by atoms with Gasteiger partial charge >= 0.3 is 6.03 Å². The van der Waals surface area contributed by atoms with Gasteiger partial charge in [0, 0.05) is 57.9 Å². The summed E-state index contributed by atoms with van der Waals surface area (Å²) in [5, 5.41) is 8.83. The number of carbonyl (C=O) groups excluding carboxylic acids is 1. The molecule has 0 bridgehead atoms. The van der Waals surface area contributed by atoms with Crippen molar-refractivity contribution in [2.75, 3.05) is 20.6 Å². The van der Waals surface area contributed by atoms with Crippen LogP contribution in [0.5, 0.6) is 0 Å². The summed E-state index contributed by atoms with van der Waals surface area (Å²) < 4.78 is 4.23.